The standard InChI is InChI=1S/C51H66N7O12P/c1-50(2,3)48(64)67-30-69-71(66,70-31-68-49(65)51(4,5)6)29-32-18-20-37-35(26-32)27-39(53-37)45(61)55-40-28-57(7)25-24-36-19-22-41(58(36)47(40)63)46(62)54-38(21-23-42(52)59)44(60)56-43(33-14-10-8-11-15-33)34-16-12-9-13-17-34/h8-18,20,26-27,36,38,40-41,43,53H,19,21-25,28-31H2,1-7H3,(H2,52,59)(H,54,62)(H,55,61)(H,56,60)/t36-,38+,40+,41+/m1/s1. The number of hydrogen-bond acceptors (Lipinski definition) is 13. The Morgan fingerprint density at radius 3 is 1.96 bits per heavy atom. The number of ether oxygens (including phenoxy) is 2. The summed E-state index contributed by atoms with van der Waals surface area (Å²) < 4.78 is 35.4. The van der Waals surface area contributed by atoms with Gasteiger partial charge in [-0.1, -0.05) is 66.7 Å². The quantitative estimate of drug-likeness (QED) is 0.0446. The van der Waals surface area contributed by atoms with Gasteiger partial charge in [-0.05, 0) is 116 Å². The number of primary amides is 1. The average molecular weight is 1000 g/mol. The number of esters is 2. The van der Waals surface area contributed by atoms with Gasteiger partial charge in [-0.3, -0.25) is 47.2 Å². The third-order valence-corrected chi connectivity index (χ3v) is 14.0. The summed E-state index contributed by atoms with van der Waals surface area (Å²) in [5.74, 6) is -3.99. The number of carbonyl (C=O) groups is 7. The largest absolute Gasteiger partial charge is 0.438 e. The smallest absolute Gasteiger partial charge is 0.340 e. The second kappa shape index (κ2) is 23.2. The molecule has 0 radical (unpaired) electrons. The molecule has 0 spiro atoms. The van der Waals surface area contributed by atoms with Crippen LogP contribution in [0.15, 0.2) is 84.9 Å². The number of aromatic nitrogens is 1. The number of nitrogens with zero attached hydrogens (tertiary/aromatic N) is 2. The van der Waals surface area contributed by atoms with Crippen molar-refractivity contribution < 1.29 is 56.6 Å². The van der Waals surface area contributed by atoms with Crippen molar-refractivity contribution in [3.63, 3.8) is 0 Å². The van der Waals surface area contributed by atoms with Gasteiger partial charge in [0.15, 0.2) is 0 Å². The van der Waals surface area contributed by atoms with Crippen LogP contribution in [0.3, 0.4) is 0 Å². The fourth-order valence-electron chi connectivity index (χ4n) is 8.36. The van der Waals surface area contributed by atoms with Gasteiger partial charge >= 0.3 is 19.5 Å². The molecule has 3 aromatic carbocycles. The van der Waals surface area contributed by atoms with E-state index in [1.165, 1.54) is 4.90 Å². The van der Waals surface area contributed by atoms with Gasteiger partial charge in [-0.15, -0.1) is 0 Å². The predicted molar refractivity (Wildman–Crippen MR) is 263 cm³/mol. The lowest BCUT2D eigenvalue weighted by atomic mass is 9.98. The highest BCUT2D eigenvalue weighted by atomic mass is 31.2. The number of amides is 5. The predicted octanol–water partition coefficient (Wildman–Crippen LogP) is 5.44. The maximum Gasteiger partial charge on any atom is 0.340 e. The van der Waals surface area contributed by atoms with Crippen LogP contribution >= 0.6 is 7.60 Å². The molecule has 0 aliphatic carbocycles. The molecule has 6 N–H and O–H groups in total. The molecule has 3 heterocycles. The van der Waals surface area contributed by atoms with Crippen molar-refractivity contribution in [2.24, 2.45) is 16.6 Å². The van der Waals surface area contributed by atoms with Gasteiger partial charge in [0.05, 0.1) is 23.0 Å². The van der Waals surface area contributed by atoms with Crippen molar-refractivity contribution in [1.29, 1.82) is 0 Å². The van der Waals surface area contributed by atoms with Crippen LogP contribution in [0.25, 0.3) is 10.9 Å². The van der Waals surface area contributed by atoms with Crippen LogP contribution in [0, 0.1) is 10.8 Å². The summed E-state index contributed by atoms with van der Waals surface area (Å²) >= 11 is 0. The number of H-pyrrole nitrogens is 1. The number of benzene rings is 3. The second-order valence-electron chi connectivity index (χ2n) is 20.1. The molecule has 0 unspecified atom stereocenters. The first kappa shape index (κ1) is 53.9. The molecule has 0 saturated carbocycles. The summed E-state index contributed by atoms with van der Waals surface area (Å²) in [5, 5.41) is 9.33. The normalized spacial score (nSPS) is 18.2. The molecule has 2 fully saturated rings. The number of nitrogens with one attached hydrogen (secondary N) is 4. The molecule has 2 saturated heterocycles. The van der Waals surface area contributed by atoms with Gasteiger partial charge in [0.2, 0.25) is 37.2 Å². The topological polar surface area (TPSA) is 258 Å². The molecule has 2 aliphatic heterocycles. The van der Waals surface area contributed by atoms with Gasteiger partial charge in [0, 0.05) is 29.9 Å². The van der Waals surface area contributed by atoms with Crippen LogP contribution in [-0.2, 0) is 58.0 Å². The third-order valence-electron chi connectivity index (χ3n) is 12.3. The first-order chi connectivity index (χ1) is 33.5. The highest BCUT2D eigenvalue weighted by molar-refractivity contribution is 7.53. The van der Waals surface area contributed by atoms with Gasteiger partial charge in [0.25, 0.3) is 5.91 Å². The van der Waals surface area contributed by atoms with Crippen molar-refractivity contribution >= 4 is 60.0 Å². The van der Waals surface area contributed by atoms with Crippen molar-refractivity contribution in [2.75, 3.05) is 33.7 Å². The van der Waals surface area contributed by atoms with Crippen LogP contribution in [0.5, 0.6) is 0 Å². The van der Waals surface area contributed by atoms with Gasteiger partial charge in [-0.25, -0.2) is 0 Å². The monoisotopic (exact) mass is 999 g/mol. The minimum absolute atomic E-state index is 0.0762. The van der Waals surface area contributed by atoms with E-state index in [1.54, 1.807) is 65.8 Å². The van der Waals surface area contributed by atoms with E-state index in [2.05, 4.69) is 20.9 Å². The van der Waals surface area contributed by atoms with Crippen molar-refractivity contribution in [2.45, 2.75) is 110 Å². The number of aromatic amines is 1. The molecule has 0 bridgehead atoms. The zero-order valence-electron chi connectivity index (χ0n) is 41.4. The van der Waals surface area contributed by atoms with E-state index in [0.29, 0.717) is 42.3 Å². The highest BCUT2D eigenvalue weighted by Gasteiger charge is 2.45. The first-order valence-corrected chi connectivity index (χ1v) is 25.4. The number of nitrogens with two attached hydrogens (primary N) is 1. The van der Waals surface area contributed by atoms with Crippen molar-refractivity contribution in [1.82, 2.24) is 30.7 Å². The molecule has 71 heavy (non-hydrogen) atoms. The molecule has 5 amide bonds. The van der Waals surface area contributed by atoms with Crippen LogP contribution in [0.4, 0.5) is 0 Å². The molecule has 382 valence electrons. The van der Waals surface area contributed by atoms with E-state index in [-0.39, 0.29) is 37.3 Å². The Kier molecular flexibility index (Phi) is 17.6. The fraction of sp³-hybridized carbons (Fsp3) is 0.471. The van der Waals surface area contributed by atoms with Crippen molar-refractivity contribution in [3.8, 4) is 0 Å². The Bertz CT molecular complexity index is 2540. The van der Waals surface area contributed by atoms with E-state index in [0.717, 1.165) is 11.1 Å². The minimum atomic E-state index is -4.12. The van der Waals surface area contributed by atoms with E-state index in [4.69, 9.17) is 24.3 Å². The highest BCUT2D eigenvalue weighted by Crippen LogP contribution is 2.52. The molecule has 6 rings (SSSR count). The lowest BCUT2D eigenvalue weighted by molar-refractivity contribution is -0.162. The SMILES string of the molecule is CN1CC[C@H]2CC[C@@H](C(=O)N[C@@H](CCC(N)=O)C(=O)NC(c3ccccc3)c3ccccc3)N2C(=O)[C@@H](NC(=O)c2cc3cc(CP(=O)(OCOC(=O)C(C)(C)C)OCOC(=O)C(C)(C)C)ccc3[nH]2)C1. The van der Waals surface area contributed by atoms with E-state index < -0.39 is 97.7 Å². The molecule has 1 aromatic heterocycles. The molecular weight excluding hydrogens is 934 g/mol. The zero-order chi connectivity index (χ0) is 51.7. The van der Waals surface area contributed by atoms with Gasteiger partial charge in [-0.2, -0.15) is 0 Å². The average Bonchev–Trinajstić information content (AvgIpc) is 3.95. The third kappa shape index (κ3) is 14.6. The van der Waals surface area contributed by atoms with E-state index in [9.17, 15) is 38.1 Å². The molecule has 4 atom stereocenters. The van der Waals surface area contributed by atoms with E-state index >= 15 is 0 Å². The fourth-order valence-corrected chi connectivity index (χ4v) is 9.68. The minimum Gasteiger partial charge on any atom is -0.438 e. The Labute approximate surface area is 413 Å². The second-order valence-corrected chi connectivity index (χ2v) is 22.2. The van der Waals surface area contributed by atoms with Crippen LogP contribution < -0.4 is 21.7 Å². The summed E-state index contributed by atoms with van der Waals surface area (Å²) in [4.78, 5) is 100. The summed E-state index contributed by atoms with van der Waals surface area (Å²) in [6, 6.07) is 21.1. The first-order valence-electron chi connectivity index (χ1n) is 23.7. The summed E-state index contributed by atoms with van der Waals surface area (Å²) in [6.45, 7) is 9.25. The number of carbonyl (C=O) groups excluding carboxylic acids is 7. The summed E-state index contributed by atoms with van der Waals surface area (Å²) in [6.07, 6.45) is 0.826. The van der Waals surface area contributed by atoms with E-state index in [1.807, 2.05) is 72.6 Å². The maximum absolute atomic E-state index is 14.6. The molecule has 4 aromatic rings. The van der Waals surface area contributed by atoms with Gasteiger partial charge in [0.1, 0.15) is 23.8 Å². The Morgan fingerprint density at radius 2 is 1.39 bits per heavy atom. The van der Waals surface area contributed by atoms with Crippen LogP contribution in [0.1, 0.15) is 107 Å². The Morgan fingerprint density at radius 1 is 0.803 bits per heavy atom. The number of fused-ring (bicyclic) bond motifs is 2. The lowest BCUT2D eigenvalue weighted by Gasteiger charge is -2.38. The Balaban J connectivity index is 1.16. The number of hydrogen-bond donors (Lipinski definition) is 5. The molecule has 19 nitrogen and oxygen atoms in total. The maximum atomic E-state index is 14.6. The molecular formula is C51H66N7O12P. The number of likely N-dealkylation sites (N-methyl/N-ethyl adjacent to an activating group) is 1. The summed E-state index contributed by atoms with van der Waals surface area (Å²) in [7, 11) is -2.27. The Hall–Kier alpha value is -6.40. The number of rotatable bonds is 19. The zero-order valence-corrected chi connectivity index (χ0v) is 42.3. The van der Waals surface area contributed by atoms with Crippen LogP contribution in [-0.4, -0.2) is 114 Å². The summed E-state index contributed by atoms with van der Waals surface area (Å²) in [5.41, 5.74) is 6.54. The van der Waals surface area contributed by atoms with Gasteiger partial charge < -0.3 is 45.9 Å². The molecule has 20 heteroatoms. The lowest BCUT2D eigenvalue weighted by Crippen LogP contribution is -2.61. The van der Waals surface area contributed by atoms with Crippen molar-refractivity contribution in [3.05, 3.63) is 107 Å². The van der Waals surface area contributed by atoms with Crippen LogP contribution in [0.2, 0.25) is 0 Å². The molecule has 2 aliphatic rings.